The number of carbonyl (C=O) groups excluding carboxylic acids is 3. The molecule has 1 unspecified atom stereocenters. The zero-order valence-electron chi connectivity index (χ0n) is 12.5. The van der Waals surface area contributed by atoms with Crippen LogP contribution < -0.4 is 0 Å². The van der Waals surface area contributed by atoms with Gasteiger partial charge in [-0.15, -0.1) is 0 Å². The average Bonchev–Trinajstić information content (AvgIpc) is 2.53. The number of fused-ring (bicyclic) bond motifs is 1. The first-order chi connectivity index (χ1) is 10.0. The third kappa shape index (κ3) is 2.75. The predicted octanol–water partition coefficient (Wildman–Crippen LogP) is 2.73. The van der Waals surface area contributed by atoms with Crippen LogP contribution in [-0.2, 0) is 20.7 Å². The van der Waals surface area contributed by atoms with Crippen molar-refractivity contribution in [2.75, 3.05) is 7.11 Å². The smallest absolute Gasteiger partial charge is 0.319 e. The Labute approximate surface area is 124 Å². The van der Waals surface area contributed by atoms with E-state index in [9.17, 15) is 14.4 Å². The van der Waals surface area contributed by atoms with Gasteiger partial charge in [-0.2, -0.15) is 0 Å². The summed E-state index contributed by atoms with van der Waals surface area (Å²) < 4.78 is 4.87. The number of hydrogen-bond donors (Lipinski definition) is 0. The molecule has 0 spiro atoms. The summed E-state index contributed by atoms with van der Waals surface area (Å²) in [6, 6.07) is 7.33. The normalized spacial score (nSPS) is 20.8. The van der Waals surface area contributed by atoms with Crippen LogP contribution in [0.15, 0.2) is 24.3 Å². The molecule has 21 heavy (non-hydrogen) atoms. The van der Waals surface area contributed by atoms with Crippen molar-refractivity contribution < 1.29 is 19.1 Å². The van der Waals surface area contributed by atoms with Gasteiger partial charge in [0.1, 0.15) is 11.2 Å². The van der Waals surface area contributed by atoms with Crippen molar-refractivity contribution in [3.05, 3.63) is 35.4 Å². The number of rotatable bonds is 5. The third-order valence-electron chi connectivity index (χ3n) is 4.32. The Balaban J connectivity index is 2.36. The van der Waals surface area contributed by atoms with E-state index in [1.165, 1.54) is 7.11 Å². The van der Waals surface area contributed by atoms with Crippen molar-refractivity contribution in [3.8, 4) is 0 Å². The minimum Gasteiger partial charge on any atom is -0.468 e. The Bertz CT molecular complexity index is 576. The highest BCUT2D eigenvalue weighted by molar-refractivity contribution is 6.14. The van der Waals surface area contributed by atoms with Crippen molar-refractivity contribution in [3.63, 3.8) is 0 Å². The van der Waals surface area contributed by atoms with Crippen molar-refractivity contribution in [2.24, 2.45) is 5.41 Å². The highest BCUT2D eigenvalue weighted by Crippen LogP contribution is 2.40. The molecule has 2 rings (SSSR count). The number of benzene rings is 1. The molecule has 1 aromatic carbocycles. The van der Waals surface area contributed by atoms with Gasteiger partial charge in [0.25, 0.3) is 0 Å². The summed E-state index contributed by atoms with van der Waals surface area (Å²) in [5.74, 6) is -0.670. The molecular weight excluding hydrogens is 268 g/mol. The standard InChI is InChI=1S/C17H20O4/c1-3-13(18)9-11-17(16(20)21-2)10-8-12-6-4-5-7-14(12)15(17)19/h4-7H,3,8-11H2,1-2H3. The van der Waals surface area contributed by atoms with Crippen LogP contribution in [0.2, 0.25) is 0 Å². The molecule has 4 nitrogen and oxygen atoms in total. The Kier molecular flexibility index (Phi) is 4.56. The fraction of sp³-hybridized carbons (Fsp3) is 0.471. The largest absolute Gasteiger partial charge is 0.468 e. The van der Waals surface area contributed by atoms with E-state index < -0.39 is 11.4 Å². The molecule has 0 amide bonds. The summed E-state index contributed by atoms with van der Waals surface area (Å²) in [4.78, 5) is 36.7. The number of hydrogen-bond acceptors (Lipinski definition) is 4. The molecule has 1 aliphatic carbocycles. The Morgan fingerprint density at radius 3 is 2.67 bits per heavy atom. The fourth-order valence-electron chi connectivity index (χ4n) is 2.94. The van der Waals surface area contributed by atoms with E-state index in [0.29, 0.717) is 24.8 Å². The van der Waals surface area contributed by atoms with E-state index in [1.807, 2.05) is 12.1 Å². The molecule has 0 radical (unpaired) electrons. The molecule has 1 atom stereocenters. The van der Waals surface area contributed by atoms with E-state index >= 15 is 0 Å². The van der Waals surface area contributed by atoms with Gasteiger partial charge in [0, 0.05) is 18.4 Å². The van der Waals surface area contributed by atoms with Gasteiger partial charge in [-0.05, 0) is 24.8 Å². The number of ether oxygens (including phenoxy) is 1. The second-order valence-electron chi connectivity index (χ2n) is 5.45. The zero-order chi connectivity index (χ0) is 15.5. The van der Waals surface area contributed by atoms with Gasteiger partial charge in [-0.3, -0.25) is 14.4 Å². The maximum Gasteiger partial charge on any atom is 0.319 e. The Hall–Kier alpha value is -1.97. The van der Waals surface area contributed by atoms with Crippen LogP contribution in [0.25, 0.3) is 0 Å². The number of aryl methyl sites for hydroxylation is 1. The van der Waals surface area contributed by atoms with Crippen LogP contribution in [0.3, 0.4) is 0 Å². The van der Waals surface area contributed by atoms with Gasteiger partial charge in [-0.1, -0.05) is 31.2 Å². The van der Waals surface area contributed by atoms with Crippen molar-refractivity contribution >= 4 is 17.5 Å². The fourth-order valence-corrected chi connectivity index (χ4v) is 2.94. The van der Waals surface area contributed by atoms with E-state index in [1.54, 1.807) is 19.1 Å². The Morgan fingerprint density at radius 1 is 1.29 bits per heavy atom. The molecule has 0 fully saturated rings. The first kappa shape index (κ1) is 15.4. The number of carbonyl (C=O) groups is 3. The first-order valence-electron chi connectivity index (χ1n) is 7.28. The third-order valence-corrected chi connectivity index (χ3v) is 4.32. The number of esters is 1. The molecule has 0 saturated heterocycles. The maximum absolute atomic E-state index is 12.8. The molecule has 4 heteroatoms. The number of methoxy groups -OCH3 is 1. The van der Waals surface area contributed by atoms with Gasteiger partial charge < -0.3 is 4.74 Å². The van der Waals surface area contributed by atoms with Crippen molar-refractivity contribution in [1.29, 1.82) is 0 Å². The number of Topliss-reactive ketones (excluding diaryl/α,β-unsaturated/α-hetero) is 2. The highest BCUT2D eigenvalue weighted by atomic mass is 16.5. The van der Waals surface area contributed by atoms with Crippen LogP contribution in [0, 0.1) is 5.41 Å². The molecule has 0 N–H and O–H groups in total. The topological polar surface area (TPSA) is 60.4 Å². The van der Waals surface area contributed by atoms with Crippen LogP contribution in [-0.4, -0.2) is 24.6 Å². The van der Waals surface area contributed by atoms with Crippen LogP contribution in [0.1, 0.15) is 48.5 Å². The van der Waals surface area contributed by atoms with Crippen molar-refractivity contribution in [2.45, 2.75) is 39.0 Å². The lowest BCUT2D eigenvalue weighted by Crippen LogP contribution is -2.44. The molecule has 1 aromatic rings. The van der Waals surface area contributed by atoms with Gasteiger partial charge in [0.2, 0.25) is 0 Å². The van der Waals surface area contributed by atoms with Gasteiger partial charge in [0.05, 0.1) is 7.11 Å². The summed E-state index contributed by atoms with van der Waals surface area (Å²) in [5.41, 5.74) is 0.343. The van der Waals surface area contributed by atoms with E-state index in [4.69, 9.17) is 4.74 Å². The van der Waals surface area contributed by atoms with Gasteiger partial charge in [0.15, 0.2) is 5.78 Å². The number of ketones is 2. The minimum atomic E-state index is -1.20. The van der Waals surface area contributed by atoms with Crippen LogP contribution in [0.5, 0.6) is 0 Å². The molecule has 1 aliphatic rings. The quantitative estimate of drug-likeness (QED) is 0.617. The lowest BCUT2D eigenvalue weighted by atomic mass is 9.67. The molecule has 0 saturated carbocycles. The molecule has 0 aromatic heterocycles. The molecule has 0 aliphatic heterocycles. The lowest BCUT2D eigenvalue weighted by Gasteiger charge is -2.34. The predicted molar refractivity (Wildman–Crippen MR) is 78.1 cm³/mol. The molecule has 0 heterocycles. The summed E-state index contributed by atoms with van der Waals surface area (Å²) >= 11 is 0. The summed E-state index contributed by atoms with van der Waals surface area (Å²) in [5, 5.41) is 0. The lowest BCUT2D eigenvalue weighted by molar-refractivity contribution is -0.150. The monoisotopic (exact) mass is 288 g/mol. The van der Waals surface area contributed by atoms with E-state index in [2.05, 4.69) is 0 Å². The van der Waals surface area contributed by atoms with Crippen LogP contribution in [0.4, 0.5) is 0 Å². The highest BCUT2D eigenvalue weighted by Gasteiger charge is 2.49. The molecule has 112 valence electrons. The second-order valence-corrected chi connectivity index (χ2v) is 5.45. The van der Waals surface area contributed by atoms with Crippen molar-refractivity contribution in [1.82, 2.24) is 0 Å². The van der Waals surface area contributed by atoms with E-state index in [-0.39, 0.29) is 24.4 Å². The average molecular weight is 288 g/mol. The summed E-state index contributed by atoms with van der Waals surface area (Å²) in [6.45, 7) is 1.78. The maximum atomic E-state index is 12.8. The van der Waals surface area contributed by atoms with Gasteiger partial charge >= 0.3 is 5.97 Å². The summed E-state index contributed by atoms with van der Waals surface area (Å²) in [7, 11) is 1.29. The second kappa shape index (κ2) is 6.20. The molecule has 0 bridgehead atoms. The molecular formula is C17H20O4. The van der Waals surface area contributed by atoms with Crippen LogP contribution >= 0.6 is 0 Å². The summed E-state index contributed by atoms with van der Waals surface area (Å²) in [6.07, 6.45) is 1.95. The minimum absolute atomic E-state index is 0.0601. The Morgan fingerprint density at radius 2 is 2.00 bits per heavy atom. The first-order valence-corrected chi connectivity index (χ1v) is 7.28. The zero-order valence-corrected chi connectivity index (χ0v) is 12.5. The van der Waals surface area contributed by atoms with E-state index in [0.717, 1.165) is 5.56 Å². The van der Waals surface area contributed by atoms with Gasteiger partial charge in [-0.25, -0.2) is 0 Å². The SMILES string of the molecule is CCC(=O)CCC1(C(=O)OC)CCc2ccccc2C1=O.